The maximum absolute atomic E-state index is 14.9. The van der Waals surface area contributed by atoms with E-state index in [1.54, 1.807) is 56.9 Å². The number of hydrogen-bond donors (Lipinski definition) is 11. The number of hydrogen-bond acceptors (Lipinski definition) is 13. The van der Waals surface area contributed by atoms with E-state index in [2.05, 4.69) is 43.8 Å². The quantitative estimate of drug-likeness (QED) is 0.0257. The van der Waals surface area contributed by atoms with Gasteiger partial charge in [0.15, 0.2) is 5.96 Å². The molecule has 27 heteroatoms. The van der Waals surface area contributed by atoms with Gasteiger partial charge in [-0.15, -0.1) is 0 Å². The zero-order valence-corrected chi connectivity index (χ0v) is 55.3. The molecule has 2 aliphatic heterocycles. The number of aliphatic hydroxyl groups excluding tert-OH is 1. The van der Waals surface area contributed by atoms with Crippen molar-refractivity contribution in [2.45, 2.75) is 226 Å². The van der Waals surface area contributed by atoms with Crippen molar-refractivity contribution in [3.8, 4) is 0 Å². The summed E-state index contributed by atoms with van der Waals surface area (Å²) < 4.78 is 0. The Morgan fingerprint density at radius 2 is 1.26 bits per heavy atom. The molecule has 2 aliphatic rings. The molecule has 11 atom stereocenters. The fourth-order valence-corrected chi connectivity index (χ4v) is 11.3. The van der Waals surface area contributed by atoms with Gasteiger partial charge in [0.2, 0.25) is 59.1 Å². The summed E-state index contributed by atoms with van der Waals surface area (Å²) in [5, 5.41) is 37.8. The molecule has 2 saturated heterocycles. The molecule has 0 bridgehead atoms. The highest BCUT2D eigenvalue weighted by molar-refractivity contribution is 6.30. The lowest BCUT2D eigenvalue weighted by Gasteiger charge is -2.35. The van der Waals surface area contributed by atoms with Gasteiger partial charge in [-0.1, -0.05) is 118 Å². The standard InChI is InChI=1S/C63H104ClN13O13/c1-11-13-14-15-16-21-51(79)76-27-18-19-41(34-76)55(83)70-46(31-40-22-24-42(64)25-23-40)58(86)71-45(28-36(3)4)57(85)73-48(29-37(5)6)61(89)77-35-43(78)32-50(77)62(90)75(10)49(30-38(7)8)60(88)72-47(33-52(80)81)59(87)69-44(20-17-26-68-63(66)67)56(84)74-53(54(65)82)39(9)12-2/h22-25,36-39,41,43-50,53,78H,11-21,26-35H2,1-10H3,(H2,65,82)(H,69,87)(H,70,83)(H,71,86)(H,72,88)(H,73,85)(H,74,84)(H,80,81)(H4,66,67,68)/t39-,41-,43+,44-,45+,46-,47-,48-,49-,50-,53-/m0/s1. The van der Waals surface area contributed by atoms with Crippen molar-refractivity contribution in [2.24, 2.45) is 51.8 Å². The van der Waals surface area contributed by atoms with Crippen LogP contribution in [-0.2, 0) is 59.2 Å². The summed E-state index contributed by atoms with van der Waals surface area (Å²) in [6.45, 7) is 16.9. The molecule has 1 aromatic carbocycles. The Kier molecular flexibility index (Phi) is 33.1. The first-order chi connectivity index (χ1) is 42.4. The van der Waals surface area contributed by atoms with Crippen LogP contribution in [0, 0.1) is 29.6 Å². The number of halogens is 1. The number of carboxylic acids is 1. The summed E-state index contributed by atoms with van der Waals surface area (Å²) in [7, 11) is 1.30. The molecule has 506 valence electrons. The highest BCUT2D eigenvalue weighted by Crippen LogP contribution is 2.26. The van der Waals surface area contributed by atoms with E-state index in [0.29, 0.717) is 42.8 Å². The van der Waals surface area contributed by atoms with Crippen LogP contribution >= 0.6 is 11.6 Å². The smallest absolute Gasteiger partial charge is 0.305 e. The number of aliphatic carboxylic acids is 1. The second-order valence-electron chi connectivity index (χ2n) is 25.5. The fraction of sp³-hybridized carbons (Fsp3) is 0.714. The van der Waals surface area contributed by atoms with Crippen LogP contribution in [0.1, 0.15) is 171 Å². The number of β-amino-alcohol motifs (C(OH)–C–C–N with tert-alkyl or cyclic N) is 1. The maximum atomic E-state index is 14.9. The van der Waals surface area contributed by atoms with E-state index < -0.39 is 132 Å². The molecule has 10 amide bonds. The van der Waals surface area contributed by atoms with Gasteiger partial charge in [-0.3, -0.25) is 57.7 Å². The number of likely N-dealkylation sites (tertiary alicyclic amines) is 2. The number of piperidine rings is 1. The summed E-state index contributed by atoms with van der Waals surface area (Å²) in [5.74, 6) is -10.4. The summed E-state index contributed by atoms with van der Waals surface area (Å²) >= 11 is 6.21. The number of unbranched alkanes of at least 4 members (excludes halogenated alkanes) is 4. The molecule has 26 nitrogen and oxygen atoms in total. The average Bonchev–Trinajstić information content (AvgIpc) is 1.67. The summed E-state index contributed by atoms with van der Waals surface area (Å²) in [6, 6.07) is -4.06. The SMILES string of the molecule is CCCCCCCC(=O)N1CCC[C@H](C(=O)N[C@@H](Cc2ccc(Cl)cc2)C(=O)N[C@H](CC(C)C)C(=O)N[C@@H](CC(C)C)C(=O)N2C[C@H](O)C[C@H]2C(=O)N(C)[C@@H](CC(C)C)C(=O)N[C@@H](CC(=O)O)C(=O)N[C@@H](CCCN=C(N)N)C(=O)N[C@H](C(N)=O)[C@@H](C)CC)C1. The summed E-state index contributed by atoms with van der Waals surface area (Å²) in [4.78, 5) is 161. The lowest BCUT2D eigenvalue weighted by atomic mass is 9.95. The molecule has 0 aromatic heterocycles. The van der Waals surface area contributed by atoms with Crippen molar-refractivity contribution >= 4 is 82.6 Å². The number of benzene rings is 1. The van der Waals surface area contributed by atoms with Crippen molar-refractivity contribution < 1.29 is 63.0 Å². The van der Waals surface area contributed by atoms with Crippen LogP contribution in [0.5, 0.6) is 0 Å². The number of carbonyl (C=O) groups excluding carboxylic acids is 10. The second-order valence-corrected chi connectivity index (χ2v) is 26.0. The third kappa shape index (κ3) is 26.0. The van der Waals surface area contributed by atoms with E-state index in [1.165, 1.54) is 7.05 Å². The first kappa shape index (κ1) is 77.2. The van der Waals surface area contributed by atoms with Crippen molar-refractivity contribution in [2.75, 3.05) is 33.2 Å². The molecule has 2 heterocycles. The zero-order valence-electron chi connectivity index (χ0n) is 54.5. The average molecular weight is 1290 g/mol. The largest absolute Gasteiger partial charge is 0.481 e. The predicted molar refractivity (Wildman–Crippen MR) is 341 cm³/mol. The van der Waals surface area contributed by atoms with E-state index in [-0.39, 0.29) is 94.2 Å². The number of nitrogens with two attached hydrogens (primary N) is 3. The normalized spacial score (nSPS) is 18.4. The van der Waals surface area contributed by atoms with E-state index in [4.69, 9.17) is 28.8 Å². The van der Waals surface area contributed by atoms with Gasteiger partial charge in [0.1, 0.15) is 48.3 Å². The Bertz CT molecular complexity index is 2600. The molecule has 1 aromatic rings. The van der Waals surface area contributed by atoms with Gasteiger partial charge >= 0.3 is 5.97 Å². The highest BCUT2D eigenvalue weighted by atomic mass is 35.5. The molecule has 90 heavy (non-hydrogen) atoms. The number of aliphatic hydroxyl groups is 1. The zero-order chi connectivity index (χ0) is 67.5. The van der Waals surface area contributed by atoms with Crippen molar-refractivity contribution in [1.29, 1.82) is 0 Å². The first-order valence-corrected chi connectivity index (χ1v) is 32.4. The van der Waals surface area contributed by atoms with Crippen LogP contribution < -0.4 is 49.1 Å². The van der Waals surface area contributed by atoms with Crippen LogP contribution in [0.25, 0.3) is 0 Å². The number of amides is 10. The molecule has 2 fully saturated rings. The van der Waals surface area contributed by atoms with Gasteiger partial charge < -0.3 is 74.0 Å². The van der Waals surface area contributed by atoms with E-state index in [0.717, 1.165) is 41.9 Å². The second kappa shape index (κ2) is 38.6. The van der Waals surface area contributed by atoms with Crippen molar-refractivity contribution in [1.82, 2.24) is 46.6 Å². The molecule has 0 aliphatic carbocycles. The number of nitrogens with zero attached hydrogens (tertiary/aromatic N) is 4. The minimum Gasteiger partial charge on any atom is -0.481 e. The molecule has 0 saturated carbocycles. The number of carbonyl (C=O) groups is 11. The molecule has 0 unspecified atom stereocenters. The number of likely N-dealkylation sites (N-methyl/N-ethyl adjacent to an activating group) is 1. The van der Waals surface area contributed by atoms with Crippen LogP contribution in [0.3, 0.4) is 0 Å². The molecule has 14 N–H and O–H groups in total. The van der Waals surface area contributed by atoms with E-state index >= 15 is 0 Å². The maximum Gasteiger partial charge on any atom is 0.305 e. The van der Waals surface area contributed by atoms with E-state index in [9.17, 15) is 63.0 Å². The van der Waals surface area contributed by atoms with Crippen LogP contribution in [0.2, 0.25) is 5.02 Å². The highest BCUT2D eigenvalue weighted by Gasteiger charge is 2.46. The van der Waals surface area contributed by atoms with Gasteiger partial charge in [0, 0.05) is 57.5 Å². The topological polar surface area (TPSA) is 401 Å². The minimum absolute atomic E-state index is 0.0113. The molecule has 3 rings (SSSR count). The number of carboxylic acid groups (broad SMARTS) is 1. The Labute approximate surface area is 535 Å². The first-order valence-electron chi connectivity index (χ1n) is 32.0. The molecule has 0 spiro atoms. The number of rotatable bonds is 38. The molecular formula is C63H104ClN13O13. The third-order valence-electron chi connectivity index (χ3n) is 16.4. The van der Waals surface area contributed by atoms with Crippen LogP contribution in [0.4, 0.5) is 0 Å². The Morgan fingerprint density at radius 3 is 1.84 bits per heavy atom. The van der Waals surface area contributed by atoms with Crippen LogP contribution in [-0.4, -0.2) is 184 Å². The number of nitrogens with one attached hydrogen (secondary N) is 6. The fourth-order valence-electron chi connectivity index (χ4n) is 11.2. The Hall–Kier alpha value is -7.09. The van der Waals surface area contributed by atoms with Gasteiger partial charge in [0.25, 0.3) is 0 Å². The van der Waals surface area contributed by atoms with Gasteiger partial charge in [-0.25, -0.2) is 0 Å². The Balaban J connectivity index is 1.91. The Morgan fingerprint density at radius 1 is 0.689 bits per heavy atom. The van der Waals surface area contributed by atoms with Crippen molar-refractivity contribution in [3.05, 3.63) is 34.9 Å². The number of aliphatic imine (C=N–C) groups is 1. The van der Waals surface area contributed by atoms with Crippen LogP contribution in [0.15, 0.2) is 29.3 Å². The van der Waals surface area contributed by atoms with Gasteiger partial charge in [-0.05, 0) is 92.7 Å². The minimum atomic E-state index is -1.81. The van der Waals surface area contributed by atoms with Crippen molar-refractivity contribution in [3.63, 3.8) is 0 Å². The summed E-state index contributed by atoms with van der Waals surface area (Å²) in [5.41, 5.74) is 17.2. The molecule has 0 radical (unpaired) electrons. The third-order valence-corrected chi connectivity index (χ3v) is 16.6. The number of guanidine groups is 1. The molecular weight excluding hydrogens is 1180 g/mol. The number of primary amides is 1. The van der Waals surface area contributed by atoms with Gasteiger partial charge in [0.05, 0.1) is 18.4 Å². The lowest BCUT2D eigenvalue weighted by molar-refractivity contribution is -0.149. The van der Waals surface area contributed by atoms with E-state index in [1.807, 2.05) is 27.7 Å². The lowest BCUT2D eigenvalue weighted by Crippen LogP contribution is -2.61. The monoisotopic (exact) mass is 1290 g/mol. The van der Waals surface area contributed by atoms with Gasteiger partial charge in [-0.2, -0.15) is 0 Å². The predicted octanol–water partition coefficient (Wildman–Crippen LogP) is 2.38. The summed E-state index contributed by atoms with van der Waals surface area (Å²) in [6.07, 6.45) is 4.65.